The molecule has 0 aliphatic heterocycles. The van der Waals surface area contributed by atoms with Gasteiger partial charge in [-0.1, -0.05) is 30.3 Å². The van der Waals surface area contributed by atoms with E-state index in [4.69, 9.17) is 0 Å². The highest BCUT2D eigenvalue weighted by Gasteiger charge is 2.10. The molecule has 1 heterocycles. The maximum absolute atomic E-state index is 12.1. The zero-order valence-electron chi connectivity index (χ0n) is 15.5. The number of hydrogen-bond donors (Lipinski definition) is 3. The summed E-state index contributed by atoms with van der Waals surface area (Å²) < 4.78 is 1.62. The predicted octanol–water partition coefficient (Wildman–Crippen LogP) is 3.19. The molecule has 3 rings (SSSR count). The number of nitrogens with zero attached hydrogens (tertiary/aromatic N) is 3. The van der Waals surface area contributed by atoms with Gasteiger partial charge in [-0.15, -0.1) is 0 Å². The molecular weight excluding hydrogens is 356 g/mol. The molecule has 0 spiro atoms. The lowest BCUT2D eigenvalue weighted by molar-refractivity contribution is -0.122. The van der Waals surface area contributed by atoms with Crippen LogP contribution in [0.4, 0.5) is 16.2 Å². The third-order valence-corrected chi connectivity index (χ3v) is 4.11. The lowest BCUT2D eigenvalue weighted by Gasteiger charge is -2.15. The summed E-state index contributed by atoms with van der Waals surface area (Å²) in [5.74, 6) is -0.0626. The molecule has 0 saturated carbocycles. The molecule has 0 unspecified atom stereocenters. The summed E-state index contributed by atoms with van der Waals surface area (Å²) in [6.07, 6.45) is 3.35. The van der Waals surface area contributed by atoms with Crippen LogP contribution in [0.15, 0.2) is 67.3 Å². The van der Waals surface area contributed by atoms with Gasteiger partial charge in [0.2, 0.25) is 5.91 Å². The van der Waals surface area contributed by atoms with Crippen LogP contribution in [-0.2, 0) is 11.3 Å². The van der Waals surface area contributed by atoms with Crippen molar-refractivity contribution in [2.45, 2.75) is 25.9 Å². The van der Waals surface area contributed by atoms with Crippen molar-refractivity contribution < 1.29 is 9.59 Å². The molecule has 0 bridgehead atoms. The van der Waals surface area contributed by atoms with Crippen LogP contribution in [0.3, 0.4) is 0 Å². The number of urea groups is 1. The van der Waals surface area contributed by atoms with Crippen molar-refractivity contribution in [3.05, 3.63) is 72.8 Å². The smallest absolute Gasteiger partial charge is 0.323 e. The van der Waals surface area contributed by atoms with Gasteiger partial charge >= 0.3 is 6.03 Å². The summed E-state index contributed by atoms with van der Waals surface area (Å²) in [6, 6.07) is 16.1. The standard InChI is InChI=1S/C20H22N6O2/c1-15(23-19(27)11-12-26-14-21-13-22-26)16-7-9-18(10-8-16)25-20(28)24-17-5-3-2-4-6-17/h2-10,13-15H,11-12H2,1H3,(H,23,27)(H2,24,25,28)/t15-/m0/s1. The maximum atomic E-state index is 12.1. The first kappa shape index (κ1) is 19.1. The van der Waals surface area contributed by atoms with Crippen molar-refractivity contribution >= 4 is 23.3 Å². The first-order valence-corrected chi connectivity index (χ1v) is 8.95. The normalized spacial score (nSPS) is 11.5. The molecule has 0 fully saturated rings. The van der Waals surface area contributed by atoms with Crippen molar-refractivity contribution in [1.29, 1.82) is 0 Å². The first-order chi connectivity index (χ1) is 13.6. The molecule has 3 amide bonds. The van der Waals surface area contributed by atoms with Gasteiger partial charge in [0.05, 0.1) is 12.6 Å². The average Bonchev–Trinajstić information content (AvgIpc) is 3.21. The summed E-state index contributed by atoms with van der Waals surface area (Å²) in [5, 5.41) is 12.5. The fraction of sp³-hybridized carbons (Fsp3) is 0.200. The topological polar surface area (TPSA) is 101 Å². The lowest BCUT2D eigenvalue weighted by Crippen LogP contribution is -2.27. The minimum atomic E-state index is -0.312. The van der Waals surface area contributed by atoms with E-state index >= 15 is 0 Å². The average molecular weight is 378 g/mol. The van der Waals surface area contributed by atoms with Gasteiger partial charge in [0.25, 0.3) is 0 Å². The molecule has 2 aromatic carbocycles. The van der Waals surface area contributed by atoms with Crippen LogP contribution in [0.1, 0.15) is 24.9 Å². The molecular formula is C20H22N6O2. The number of aryl methyl sites for hydroxylation is 1. The summed E-state index contributed by atoms with van der Waals surface area (Å²) in [7, 11) is 0. The van der Waals surface area contributed by atoms with Crippen LogP contribution in [0.5, 0.6) is 0 Å². The van der Waals surface area contributed by atoms with Crippen LogP contribution < -0.4 is 16.0 Å². The largest absolute Gasteiger partial charge is 0.350 e. The monoisotopic (exact) mass is 378 g/mol. The van der Waals surface area contributed by atoms with Crippen molar-refractivity contribution in [2.75, 3.05) is 10.6 Å². The van der Waals surface area contributed by atoms with E-state index in [2.05, 4.69) is 26.0 Å². The zero-order valence-corrected chi connectivity index (χ0v) is 15.5. The van der Waals surface area contributed by atoms with Crippen LogP contribution >= 0.6 is 0 Å². The van der Waals surface area contributed by atoms with E-state index < -0.39 is 0 Å². The highest BCUT2D eigenvalue weighted by atomic mass is 16.2. The maximum Gasteiger partial charge on any atom is 0.323 e. The Hall–Kier alpha value is -3.68. The van der Waals surface area contributed by atoms with Gasteiger partial charge in [-0.05, 0) is 36.8 Å². The SMILES string of the molecule is C[C@H](NC(=O)CCn1cncn1)c1ccc(NC(=O)Nc2ccccc2)cc1. The lowest BCUT2D eigenvalue weighted by atomic mass is 10.1. The second-order valence-electron chi connectivity index (χ2n) is 6.26. The van der Waals surface area contributed by atoms with Gasteiger partial charge in [0.1, 0.15) is 12.7 Å². The van der Waals surface area contributed by atoms with E-state index in [1.165, 1.54) is 6.33 Å². The van der Waals surface area contributed by atoms with Crippen molar-refractivity contribution in [3.63, 3.8) is 0 Å². The van der Waals surface area contributed by atoms with E-state index in [-0.39, 0.29) is 18.0 Å². The summed E-state index contributed by atoms with van der Waals surface area (Å²) in [4.78, 5) is 27.9. The zero-order chi connectivity index (χ0) is 19.8. The Bertz CT molecular complexity index is 894. The number of carbonyl (C=O) groups is 2. The molecule has 144 valence electrons. The first-order valence-electron chi connectivity index (χ1n) is 8.95. The number of anilines is 2. The molecule has 0 aliphatic rings. The summed E-state index contributed by atoms with van der Waals surface area (Å²) in [6.45, 7) is 2.40. The van der Waals surface area contributed by atoms with Gasteiger partial charge in [-0.2, -0.15) is 5.10 Å². The Kier molecular flexibility index (Phi) is 6.35. The van der Waals surface area contributed by atoms with Crippen molar-refractivity contribution in [1.82, 2.24) is 20.1 Å². The molecule has 0 radical (unpaired) electrons. The Labute approximate surface area is 163 Å². The minimum absolute atomic E-state index is 0.0626. The van der Waals surface area contributed by atoms with Gasteiger partial charge < -0.3 is 16.0 Å². The van der Waals surface area contributed by atoms with Crippen LogP contribution in [0, 0.1) is 0 Å². The number of hydrogen-bond acceptors (Lipinski definition) is 4. The van der Waals surface area contributed by atoms with E-state index in [1.54, 1.807) is 23.1 Å². The number of benzene rings is 2. The van der Waals surface area contributed by atoms with Crippen molar-refractivity contribution in [3.8, 4) is 0 Å². The Morgan fingerprint density at radius 3 is 2.32 bits per heavy atom. The second kappa shape index (κ2) is 9.31. The molecule has 0 saturated heterocycles. The van der Waals surface area contributed by atoms with Gasteiger partial charge in [0, 0.05) is 17.8 Å². The predicted molar refractivity (Wildman–Crippen MR) is 107 cm³/mol. The molecule has 1 aromatic heterocycles. The van der Waals surface area contributed by atoms with Crippen LogP contribution in [0.2, 0.25) is 0 Å². The summed E-state index contributed by atoms with van der Waals surface area (Å²) in [5.41, 5.74) is 2.34. The van der Waals surface area contributed by atoms with E-state index in [0.29, 0.717) is 18.7 Å². The fourth-order valence-corrected chi connectivity index (χ4v) is 2.63. The van der Waals surface area contributed by atoms with Gasteiger partial charge in [-0.25, -0.2) is 9.78 Å². The Balaban J connectivity index is 1.47. The third kappa shape index (κ3) is 5.66. The number of nitrogens with one attached hydrogen (secondary N) is 3. The number of carbonyl (C=O) groups excluding carboxylic acids is 2. The number of para-hydroxylation sites is 1. The second-order valence-corrected chi connectivity index (χ2v) is 6.26. The molecule has 8 nitrogen and oxygen atoms in total. The van der Waals surface area contributed by atoms with E-state index in [0.717, 1.165) is 11.3 Å². The van der Waals surface area contributed by atoms with E-state index in [9.17, 15) is 9.59 Å². The van der Waals surface area contributed by atoms with Gasteiger partial charge in [0.15, 0.2) is 0 Å². The molecule has 3 N–H and O–H groups in total. The Morgan fingerprint density at radius 1 is 1.00 bits per heavy atom. The molecule has 3 aromatic rings. The van der Waals surface area contributed by atoms with E-state index in [1.807, 2.05) is 49.4 Å². The number of amides is 3. The van der Waals surface area contributed by atoms with Crippen molar-refractivity contribution in [2.24, 2.45) is 0 Å². The molecule has 0 aliphatic carbocycles. The molecule has 1 atom stereocenters. The highest BCUT2D eigenvalue weighted by Crippen LogP contribution is 2.17. The number of rotatable bonds is 7. The Morgan fingerprint density at radius 2 is 1.68 bits per heavy atom. The highest BCUT2D eigenvalue weighted by molar-refractivity contribution is 5.99. The van der Waals surface area contributed by atoms with Crippen LogP contribution in [0.25, 0.3) is 0 Å². The minimum Gasteiger partial charge on any atom is -0.350 e. The molecule has 28 heavy (non-hydrogen) atoms. The summed E-state index contributed by atoms with van der Waals surface area (Å²) >= 11 is 0. The number of aromatic nitrogens is 3. The third-order valence-electron chi connectivity index (χ3n) is 4.11. The fourth-order valence-electron chi connectivity index (χ4n) is 2.63. The quantitative estimate of drug-likeness (QED) is 0.588. The van der Waals surface area contributed by atoms with Gasteiger partial charge in [-0.3, -0.25) is 9.48 Å². The van der Waals surface area contributed by atoms with Crippen LogP contribution in [-0.4, -0.2) is 26.7 Å². The molecule has 8 heteroatoms.